The molecule has 1 saturated carbocycles. The van der Waals surface area contributed by atoms with Crippen LogP contribution in [0.15, 0.2) is 54.1 Å². The third kappa shape index (κ3) is 8.44. The fraction of sp³-hybridized carbons (Fsp3) is 0.500. The number of nitrogens with zero attached hydrogens (tertiary/aromatic N) is 6. The highest BCUT2D eigenvalue weighted by Gasteiger charge is 2.36. The number of hydrogen-bond donors (Lipinski definition) is 2. The molecule has 2 aliphatic carbocycles. The van der Waals surface area contributed by atoms with E-state index in [-0.39, 0.29) is 29.3 Å². The zero-order valence-electron chi connectivity index (χ0n) is 26.0. The number of aryl methyl sites for hydroxylation is 2. The molecule has 44 heavy (non-hydrogen) atoms. The normalized spacial score (nSPS) is 16.6. The van der Waals surface area contributed by atoms with Gasteiger partial charge in [0, 0.05) is 18.3 Å². The van der Waals surface area contributed by atoms with Gasteiger partial charge in [-0.1, -0.05) is 77.7 Å². The summed E-state index contributed by atoms with van der Waals surface area (Å²) in [6.45, 7) is 0. The first kappa shape index (κ1) is 32.1. The zero-order chi connectivity index (χ0) is 31.1. The van der Waals surface area contributed by atoms with Crippen molar-refractivity contribution in [2.45, 2.75) is 69.9 Å². The molecule has 2 aromatic heterocycles. The van der Waals surface area contributed by atoms with Gasteiger partial charge in [-0.05, 0) is 77.9 Å². The van der Waals surface area contributed by atoms with Crippen LogP contribution in [0.25, 0.3) is 0 Å². The maximum Gasteiger partial charge on any atom is 0.243 e. The van der Waals surface area contributed by atoms with E-state index in [0.717, 1.165) is 41.3 Å². The lowest BCUT2D eigenvalue weighted by atomic mass is 9.70. The molecule has 0 radical (unpaired) electrons. The molecule has 10 nitrogen and oxygen atoms in total. The Labute approximate surface area is 267 Å². The van der Waals surface area contributed by atoms with Crippen molar-refractivity contribution in [3.8, 4) is 0 Å². The van der Waals surface area contributed by atoms with Gasteiger partial charge in [-0.25, -0.2) is 0 Å². The van der Waals surface area contributed by atoms with Crippen LogP contribution in [0.4, 0.5) is 10.3 Å². The lowest BCUT2D eigenvalue weighted by Gasteiger charge is -2.34. The second-order valence-corrected chi connectivity index (χ2v) is 14.3. The number of hydrogen-bond acceptors (Lipinski definition) is 10. The van der Waals surface area contributed by atoms with Gasteiger partial charge in [-0.3, -0.25) is 30.0 Å². The average Bonchev–Trinajstić information content (AvgIpc) is 3.73. The summed E-state index contributed by atoms with van der Waals surface area (Å²) in [4.78, 5) is 30.0. The molecule has 0 aliphatic heterocycles. The van der Waals surface area contributed by atoms with Gasteiger partial charge in [0.1, 0.15) is 10.0 Å². The van der Waals surface area contributed by atoms with Crippen LogP contribution in [-0.2, 0) is 28.9 Å². The average molecular weight is 635 g/mol. The smallest absolute Gasteiger partial charge is 0.243 e. The van der Waals surface area contributed by atoms with E-state index >= 15 is 0 Å². The number of nitrogens with one attached hydrogen (secondary N) is 2. The Morgan fingerprint density at radius 3 is 1.84 bits per heavy atom. The minimum absolute atomic E-state index is 0.0577. The summed E-state index contributed by atoms with van der Waals surface area (Å²) in [5.41, 5.74) is 2.60. The number of rotatable bonds is 15. The molecule has 5 rings (SSSR count). The van der Waals surface area contributed by atoms with Gasteiger partial charge in [-0.2, -0.15) is 0 Å². The van der Waals surface area contributed by atoms with E-state index in [1.165, 1.54) is 47.5 Å². The standard InChI is InChI=1S/C32H42N8O2S2/c1-39(2)24(19-22-11-6-5-7-12-22)28(41)33-30-37-35-26(43-30)13-8-9-14-27-36-38-31(44-27)34-29(42)25(40(3)4)20-23-15-18-32(21-23)16-10-17-32/h5-7,11-12,15,18,21,24-25H,8-10,13-14,16-17,19-20H2,1-4H3,(H,33,37,41)(H,34,38,42)/t24-,25-/m0/s1. The maximum atomic E-state index is 13.1. The topological polar surface area (TPSA) is 116 Å². The van der Waals surface area contributed by atoms with Crippen LogP contribution in [0.5, 0.6) is 0 Å². The number of carbonyl (C=O) groups is 2. The summed E-state index contributed by atoms with van der Waals surface area (Å²) in [6.07, 6.45) is 15.2. The highest BCUT2D eigenvalue weighted by Crippen LogP contribution is 2.48. The van der Waals surface area contributed by atoms with E-state index in [1.54, 1.807) is 0 Å². The van der Waals surface area contributed by atoms with Crippen LogP contribution in [0, 0.1) is 5.41 Å². The molecule has 2 N–H and O–H groups in total. The number of carbonyl (C=O) groups excluding carboxylic acids is 2. The van der Waals surface area contributed by atoms with Crippen molar-refractivity contribution in [2.24, 2.45) is 5.41 Å². The van der Waals surface area contributed by atoms with Crippen LogP contribution in [0.1, 0.15) is 54.1 Å². The van der Waals surface area contributed by atoms with Gasteiger partial charge < -0.3 is 0 Å². The van der Waals surface area contributed by atoms with E-state index in [1.807, 2.05) is 68.3 Å². The second-order valence-electron chi connectivity index (χ2n) is 12.2. The van der Waals surface area contributed by atoms with E-state index in [0.29, 0.717) is 23.1 Å². The summed E-state index contributed by atoms with van der Waals surface area (Å²) in [6, 6.07) is 9.43. The van der Waals surface area contributed by atoms with Gasteiger partial charge in [0.05, 0.1) is 12.1 Å². The van der Waals surface area contributed by atoms with Gasteiger partial charge in [0.15, 0.2) is 0 Å². The zero-order valence-corrected chi connectivity index (χ0v) is 27.6. The van der Waals surface area contributed by atoms with Crippen LogP contribution in [0.2, 0.25) is 0 Å². The van der Waals surface area contributed by atoms with Crippen LogP contribution in [-0.4, -0.2) is 82.3 Å². The number of benzene rings is 1. The molecule has 1 aromatic carbocycles. The minimum Gasteiger partial charge on any atom is -0.299 e. The predicted octanol–water partition coefficient (Wildman–Crippen LogP) is 4.99. The molecule has 234 valence electrons. The Kier molecular flexibility index (Phi) is 10.7. The van der Waals surface area contributed by atoms with Crippen molar-refractivity contribution < 1.29 is 9.59 Å². The third-order valence-electron chi connectivity index (χ3n) is 8.36. The van der Waals surface area contributed by atoms with Gasteiger partial charge in [0.25, 0.3) is 0 Å². The lowest BCUT2D eigenvalue weighted by Crippen LogP contribution is -2.41. The Hall–Kier alpha value is -3.32. The summed E-state index contributed by atoms with van der Waals surface area (Å²) < 4.78 is 0. The molecule has 2 amide bonds. The highest BCUT2D eigenvalue weighted by atomic mass is 32.1. The molecule has 0 unspecified atom stereocenters. The van der Waals surface area contributed by atoms with E-state index in [2.05, 4.69) is 49.3 Å². The first-order chi connectivity index (χ1) is 21.2. The van der Waals surface area contributed by atoms with Crippen molar-refractivity contribution in [3.05, 3.63) is 69.7 Å². The van der Waals surface area contributed by atoms with Crippen LogP contribution >= 0.6 is 22.7 Å². The predicted molar refractivity (Wildman–Crippen MR) is 177 cm³/mol. The largest absolute Gasteiger partial charge is 0.299 e. The Morgan fingerprint density at radius 2 is 1.36 bits per heavy atom. The number of likely N-dealkylation sites (N-methyl/N-ethyl adjacent to an activating group) is 2. The van der Waals surface area contributed by atoms with Gasteiger partial charge in [-0.15, -0.1) is 20.4 Å². The number of amides is 2. The monoisotopic (exact) mass is 634 g/mol. The molecular formula is C32H42N8O2S2. The van der Waals surface area contributed by atoms with E-state index in [4.69, 9.17) is 0 Å². The molecule has 2 heterocycles. The molecular weight excluding hydrogens is 593 g/mol. The fourth-order valence-corrected chi connectivity index (χ4v) is 7.15. The summed E-state index contributed by atoms with van der Waals surface area (Å²) in [5.74, 6) is -0.148. The van der Waals surface area contributed by atoms with Gasteiger partial charge in [0.2, 0.25) is 22.1 Å². The third-order valence-corrected chi connectivity index (χ3v) is 10.2. The fourth-order valence-electron chi connectivity index (χ4n) is 5.58. The number of aromatic nitrogens is 4. The Morgan fingerprint density at radius 1 is 0.818 bits per heavy atom. The van der Waals surface area contributed by atoms with Crippen molar-refractivity contribution in [2.75, 3.05) is 38.8 Å². The Balaban J connectivity index is 1.04. The summed E-state index contributed by atoms with van der Waals surface area (Å²) >= 11 is 2.85. The first-order valence-corrected chi connectivity index (χ1v) is 16.9. The van der Waals surface area contributed by atoms with Crippen molar-refractivity contribution in [3.63, 3.8) is 0 Å². The summed E-state index contributed by atoms with van der Waals surface area (Å²) in [5, 5.41) is 25.8. The van der Waals surface area contributed by atoms with Gasteiger partial charge >= 0.3 is 0 Å². The van der Waals surface area contributed by atoms with Crippen molar-refractivity contribution >= 4 is 44.8 Å². The molecule has 0 saturated heterocycles. The number of unbranched alkanes of at least 4 members (excludes halogenated alkanes) is 1. The van der Waals surface area contributed by atoms with E-state index in [9.17, 15) is 9.59 Å². The molecule has 1 spiro atoms. The SMILES string of the molecule is CN(C)[C@@H](CC1=CC2(C=C1)CCC2)C(=O)Nc1nnc(CCCCc2nnc(NC(=O)[C@H](Cc3ccccc3)N(C)C)s2)s1. The second kappa shape index (κ2) is 14.6. The van der Waals surface area contributed by atoms with Crippen molar-refractivity contribution in [1.29, 1.82) is 0 Å². The molecule has 2 atom stereocenters. The van der Waals surface area contributed by atoms with Crippen LogP contribution < -0.4 is 10.6 Å². The lowest BCUT2D eigenvalue weighted by molar-refractivity contribution is -0.121. The number of allylic oxidation sites excluding steroid dienone is 3. The molecule has 0 bridgehead atoms. The number of anilines is 2. The first-order valence-electron chi connectivity index (χ1n) is 15.2. The highest BCUT2D eigenvalue weighted by molar-refractivity contribution is 7.15. The molecule has 3 aromatic rings. The Bertz CT molecular complexity index is 1480. The quantitative estimate of drug-likeness (QED) is 0.225. The minimum atomic E-state index is -0.304. The van der Waals surface area contributed by atoms with E-state index < -0.39 is 0 Å². The van der Waals surface area contributed by atoms with Crippen LogP contribution in [0.3, 0.4) is 0 Å². The molecule has 2 aliphatic rings. The molecule has 1 fully saturated rings. The summed E-state index contributed by atoms with van der Waals surface area (Å²) in [7, 11) is 7.69. The molecule has 12 heteroatoms. The maximum absolute atomic E-state index is 13.1. The van der Waals surface area contributed by atoms with Crippen molar-refractivity contribution in [1.82, 2.24) is 30.2 Å².